The van der Waals surface area contributed by atoms with Crippen LogP contribution in [0.15, 0.2) is 31.9 Å². The Morgan fingerprint density at radius 3 is 2.47 bits per heavy atom. The predicted molar refractivity (Wildman–Crippen MR) is 64.6 cm³/mol. The van der Waals surface area contributed by atoms with E-state index in [1.54, 1.807) is 18.5 Å². The number of anilines is 1. The molecule has 15 heavy (non-hydrogen) atoms. The van der Waals surface area contributed by atoms with E-state index in [9.17, 15) is 0 Å². The molecule has 0 aromatic carbocycles. The molecule has 0 atom stereocenters. The van der Waals surface area contributed by atoms with E-state index >= 15 is 0 Å². The summed E-state index contributed by atoms with van der Waals surface area (Å²) in [5.74, 6) is 0.836. The van der Waals surface area contributed by atoms with Crippen LogP contribution in [0.3, 0.4) is 0 Å². The van der Waals surface area contributed by atoms with Crippen molar-refractivity contribution in [3.63, 3.8) is 0 Å². The van der Waals surface area contributed by atoms with Crippen LogP contribution in [0, 0.1) is 0 Å². The number of aromatic nitrogens is 2. The van der Waals surface area contributed by atoms with Gasteiger partial charge in [0, 0.05) is 17.3 Å². The van der Waals surface area contributed by atoms with Crippen molar-refractivity contribution >= 4 is 11.9 Å². The van der Waals surface area contributed by atoms with Crippen molar-refractivity contribution in [2.24, 2.45) is 0 Å². The van der Waals surface area contributed by atoms with Crippen LogP contribution in [0.2, 0.25) is 0 Å². The lowest BCUT2D eigenvalue weighted by molar-refractivity contribution is 0.551. The van der Waals surface area contributed by atoms with Crippen molar-refractivity contribution in [1.82, 2.24) is 9.97 Å². The Labute approximate surface area is 91.2 Å². The maximum Gasteiger partial charge on any atom is 0.143 e. The van der Waals surface area contributed by atoms with Gasteiger partial charge in [-0.2, -0.15) is 0 Å². The Balaban J connectivity index is 3.23. The smallest absolute Gasteiger partial charge is 0.143 e. The largest absolute Gasteiger partial charge is 0.328 e. The molecular weight excluding hydrogens is 186 g/mol. The third-order valence-electron chi connectivity index (χ3n) is 2.07. The first-order chi connectivity index (χ1) is 7.00. The number of hydrogen-bond acceptors (Lipinski definition) is 3. The van der Waals surface area contributed by atoms with Crippen molar-refractivity contribution in [3.8, 4) is 0 Å². The molecule has 3 heteroatoms. The average molecular weight is 203 g/mol. The van der Waals surface area contributed by atoms with Crippen LogP contribution in [0.1, 0.15) is 26.3 Å². The number of hydrogen-bond donors (Lipinski definition) is 0. The minimum absolute atomic E-state index is 0.0616. The lowest BCUT2D eigenvalue weighted by atomic mass is 10.1. The Bertz CT molecular complexity index is 363. The van der Waals surface area contributed by atoms with Gasteiger partial charge in [0.05, 0.1) is 0 Å². The molecule has 0 aliphatic carbocycles. The fourth-order valence-electron chi connectivity index (χ4n) is 1.36. The number of nitrogens with zero attached hydrogens (tertiary/aromatic N) is 3. The lowest BCUT2D eigenvalue weighted by Crippen LogP contribution is -2.38. The van der Waals surface area contributed by atoms with E-state index in [1.807, 2.05) is 4.90 Å². The van der Waals surface area contributed by atoms with Crippen molar-refractivity contribution in [2.75, 3.05) is 4.90 Å². The molecule has 1 rings (SSSR count). The summed E-state index contributed by atoms with van der Waals surface area (Å²) in [5, 5.41) is 0. The average Bonchev–Trinajstić information content (AvgIpc) is 2.17. The van der Waals surface area contributed by atoms with Gasteiger partial charge in [-0.05, 0) is 27.0 Å². The summed E-state index contributed by atoms with van der Waals surface area (Å²) in [6.07, 6.45) is 6.80. The van der Waals surface area contributed by atoms with E-state index in [1.165, 1.54) is 6.33 Å². The summed E-state index contributed by atoms with van der Waals surface area (Å²) < 4.78 is 0. The highest BCUT2D eigenvalue weighted by molar-refractivity contribution is 5.63. The first-order valence-corrected chi connectivity index (χ1v) is 4.85. The lowest BCUT2D eigenvalue weighted by Gasteiger charge is -2.34. The third-order valence-corrected chi connectivity index (χ3v) is 2.07. The molecule has 80 valence electrons. The van der Waals surface area contributed by atoms with Gasteiger partial charge in [0.25, 0.3) is 0 Å². The Kier molecular flexibility index (Phi) is 3.24. The van der Waals surface area contributed by atoms with Crippen LogP contribution in [-0.2, 0) is 0 Å². The van der Waals surface area contributed by atoms with Gasteiger partial charge in [-0.3, -0.25) is 0 Å². The second-order valence-electron chi connectivity index (χ2n) is 4.23. The first-order valence-electron chi connectivity index (χ1n) is 4.85. The van der Waals surface area contributed by atoms with Crippen LogP contribution in [0.25, 0.3) is 6.08 Å². The summed E-state index contributed by atoms with van der Waals surface area (Å²) in [7, 11) is 0. The molecule has 0 saturated heterocycles. The van der Waals surface area contributed by atoms with Crippen LogP contribution in [0.5, 0.6) is 0 Å². The van der Waals surface area contributed by atoms with Gasteiger partial charge in [-0.25, -0.2) is 9.97 Å². The third kappa shape index (κ3) is 2.43. The van der Waals surface area contributed by atoms with E-state index in [0.717, 1.165) is 11.4 Å². The molecule has 1 heterocycles. The van der Waals surface area contributed by atoms with Crippen molar-refractivity contribution < 1.29 is 0 Å². The molecule has 0 saturated carbocycles. The molecule has 1 aromatic rings. The fraction of sp³-hybridized carbons (Fsp3) is 0.333. The van der Waals surface area contributed by atoms with Gasteiger partial charge in [0.15, 0.2) is 0 Å². The predicted octanol–water partition coefficient (Wildman–Crippen LogP) is 2.87. The van der Waals surface area contributed by atoms with Crippen molar-refractivity contribution in [2.45, 2.75) is 26.3 Å². The van der Waals surface area contributed by atoms with Crippen LogP contribution in [0.4, 0.5) is 5.82 Å². The second kappa shape index (κ2) is 4.26. The molecule has 0 N–H and O–H groups in total. The van der Waals surface area contributed by atoms with Gasteiger partial charge < -0.3 is 4.90 Å². The summed E-state index contributed by atoms with van der Waals surface area (Å²) in [4.78, 5) is 10.2. The maximum absolute atomic E-state index is 4.26. The summed E-state index contributed by atoms with van der Waals surface area (Å²) in [6.45, 7) is 13.9. The van der Waals surface area contributed by atoms with Crippen molar-refractivity contribution in [1.29, 1.82) is 0 Å². The minimum Gasteiger partial charge on any atom is -0.328 e. The molecule has 0 bridgehead atoms. The highest BCUT2D eigenvalue weighted by Crippen LogP contribution is 2.25. The van der Waals surface area contributed by atoms with Gasteiger partial charge in [0.1, 0.15) is 12.1 Å². The highest BCUT2D eigenvalue weighted by atomic mass is 15.2. The van der Waals surface area contributed by atoms with Crippen molar-refractivity contribution in [3.05, 3.63) is 37.4 Å². The normalized spacial score (nSPS) is 10.9. The van der Waals surface area contributed by atoms with E-state index in [0.29, 0.717) is 0 Å². The Morgan fingerprint density at radius 1 is 1.33 bits per heavy atom. The minimum atomic E-state index is -0.0616. The highest BCUT2D eigenvalue weighted by Gasteiger charge is 2.21. The zero-order chi connectivity index (χ0) is 11.5. The topological polar surface area (TPSA) is 29.0 Å². The molecular formula is C12H17N3. The maximum atomic E-state index is 4.26. The van der Waals surface area contributed by atoms with Gasteiger partial charge in [0.2, 0.25) is 0 Å². The van der Waals surface area contributed by atoms with E-state index < -0.39 is 0 Å². The molecule has 0 radical (unpaired) electrons. The standard InChI is InChI=1S/C12H17N3/c1-6-10-8-13-9-14-11(10)15(7-2)12(3,4)5/h6-9H,1-2H2,3-5H3. The molecule has 1 aromatic heterocycles. The van der Waals surface area contributed by atoms with Gasteiger partial charge in [-0.1, -0.05) is 19.2 Å². The van der Waals surface area contributed by atoms with Crippen LogP contribution >= 0.6 is 0 Å². The summed E-state index contributed by atoms with van der Waals surface area (Å²) >= 11 is 0. The van der Waals surface area contributed by atoms with E-state index in [2.05, 4.69) is 43.9 Å². The summed E-state index contributed by atoms with van der Waals surface area (Å²) in [6, 6.07) is 0. The molecule has 0 aliphatic heterocycles. The first kappa shape index (κ1) is 11.4. The van der Waals surface area contributed by atoms with Gasteiger partial charge in [-0.15, -0.1) is 0 Å². The zero-order valence-electron chi connectivity index (χ0n) is 9.57. The monoisotopic (exact) mass is 203 g/mol. The van der Waals surface area contributed by atoms with Crippen LogP contribution < -0.4 is 4.90 Å². The molecule has 0 unspecified atom stereocenters. The Hall–Kier alpha value is -1.64. The van der Waals surface area contributed by atoms with E-state index in [-0.39, 0.29) is 5.54 Å². The number of rotatable bonds is 3. The fourth-order valence-corrected chi connectivity index (χ4v) is 1.36. The molecule has 3 nitrogen and oxygen atoms in total. The zero-order valence-corrected chi connectivity index (χ0v) is 9.57. The van der Waals surface area contributed by atoms with Crippen LogP contribution in [-0.4, -0.2) is 15.5 Å². The second-order valence-corrected chi connectivity index (χ2v) is 4.23. The van der Waals surface area contributed by atoms with Gasteiger partial charge >= 0.3 is 0 Å². The summed E-state index contributed by atoms with van der Waals surface area (Å²) in [5.41, 5.74) is 0.848. The SMILES string of the molecule is C=Cc1cncnc1N(C=C)C(C)(C)C. The van der Waals surface area contributed by atoms with E-state index in [4.69, 9.17) is 0 Å². The molecule has 0 spiro atoms. The quantitative estimate of drug-likeness (QED) is 0.756. The molecule has 0 fully saturated rings. The molecule has 0 amide bonds. The molecule has 0 aliphatic rings. The Morgan fingerprint density at radius 2 is 2.00 bits per heavy atom.